The molecule has 0 unspecified atom stereocenters. The van der Waals surface area contributed by atoms with E-state index in [-0.39, 0.29) is 12.0 Å². The predicted octanol–water partition coefficient (Wildman–Crippen LogP) is 3.45. The van der Waals surface area contributed by atoms with E-state index in [4.69, 9.17) is 4.74 Å². The van der Waals surface area contributed by atoms with Gasteiger partial charge in [0.2, 0.25) is 0 Å². The number of benzene rings is 1. The Labute approximate surface area is 169 Å². The number of hydrogen-bond acceptors (Lipinski definition) is 4. The number of aromatic nitrogens is 4. The van der Waals surface area contributed by atoms with Gasteiger partial charge in [0.05, 0.1) is 18.5 Å². The molecule has 7 nitrogen and oxygen atoms in total. The van der Waals surface area contributed by atoms with Crippen LogP contribution in [0.5, 0.6) is 5.75 Å². The summed E-state index contributed by atoms with van der Waals surface area (Å²) in [5.74, 6) is 0.642. The van der Waals surface area contributed by atoms with E-state index in [0.717, 1.165) is 28.1 Å². The lowest BCUT2D eigenvalue weighted by Gasteiger charge is -2.10. The number of hydrogen-bond donors (Lipinski definition) is 1. The summed E-state index contributed by atoms with van der Waals surface area (Å²) in [4.78, 5) is 17.1. The van der Waals surface area contributed by atoms with E-state index in [1.165, 1.54) is 0 Å². The van der Waals surface area contributed by atoms with Gasteiger partial charge in [-0.25, -0.2) is 4.98 Å². The zero-order valence-corrected chi connectivity index (χ0v) is 16.7. The molecule has 0 aliphatic rings. The van der Waals surface area contributed by atoms with Crippen LogP contribution in [0.1, 0.15) is 29.9 Å². The van der Waals surface area contributed by atoms with Crippen LogP contribution in [0.25, 0.3) is 16.8 Å². The maximum atomic E-state index is 12.7. The van der Waals surface area contributed by atoms with Gasteiger partial charge in [-0.3, -0.25) is 13.9 Å². The Morgan fingerprint density at radius 2 is 1.86 bits per heavy atom. The van der Waals surface area contributed by atoms with E-state index in [1.54, 1.807) is 21.5 Å². The first-order chi connectivity index (χ1) is 14.0. The number of imidazole rings is 1. The third kappa shape index (κ3) is 4.13. The minimum absolute atomic E-state index is 0.132. The zero-order chi connectivity index (χ0) is 20.4. The molecule has 1 N–H and O–H groups in total. The smallest absolute Gasteiger partial charge is 0.270 e. The summed E-state index contributed by atoms with van der Waals surface area (Å²) in [6.45, 7) is 4.41. The first-order valence-electron chi connectivity index (χ1n) is 9.49. The Balaban J connectivity index is 1.49. The molecule has 1 amide bonds. The van der Waals surface area contributed by atoms with Crippen LogP contribution in [0.15, 0.2) is 61.2 Å². The number of fused-ring (bicyclic) bond motifs is 1. The van der Waals surface area contributed by atoms with Crippen molar-refractivity contribution < 1.29 is 9.53 Å². The maximum absolute atomic E-state index is 12.7. The minimum atomic E-state index is -0.177. The van der Waals surface area contributed by atoms with E-state index in [9.17, 15) is 4.79 Å². The fourth-order valence-electron chi connectivity index (χ4n) is 3.12. The SMILES string of the molecule is CC(C)Oc1ccc(CNC(=O)c2cnc3ccc(-c4cnn(C)c4)cn23)cc1. The highest BCUT2D eigenvalue weighted by Gasteiger charge is 2.13. The summed E-state index contributed by atoms with van der Waals surface area (Å²) in [7, 11) is 1.87. The maximum Gasteiger partial charge on any atom is 0.270 e. The van der Waals surface area contributed by atoms with Crippen molar-refractivity contribution in [2.75, 3.05) is 0 Å². The van der Waals surface area contributed by atoms with Crippen LogP contribution in [0.2, 0.25) is 0 Å². The molecular formula is C22H23N5O2. The molecule has 0 aliphatic carbocycles. The number of nitrogens with one attached hydrogen (secondary N) is 1. The van der Waals surface area contributed by atoms with E-state index in [1.807, 2.05) is 69.7 Å². The van der Waals surface area contributed by atoms with Gasteiger partial charge < -0.3 is 10.1 Å². The molecule has 0 aliphatic heterocycles. The molecule has 0 fully saturated rings. The quantitative estimate of drug-likeness (QED) is 0.548. The summed E-state index contributed by atoms with van der Waals surface area (Å²) >= 11 is 0. The predicted molar refractivity (Wildman–Crippen MR) is 111 cm³/mol. The fraction of sp³-hybridized carbons (Fsp3) is 0.227. The zero-order valence-electron chi connectivity index (χ0n) is 16.7. The summed E-state index contributed by atoms with van der Waals surface area (Å²) in [6.07, 6.45) is 7.37. The summed E-state index contributed by atoms with van der Waals surface area (Å²) in [5.41, 5.74) is 4.17. The van der Waals surface area contributed by atoms with E-state index >= 15 is 0 Å². The van der Waals surface area contributed by atoms with Gasteiger partial charge in [0, 0.05) is 37.1 Å². The van der Waals surface area contributed by atoms with Gasteiger partial charge in [-0.2, -0.15) is 5.10 Å². The van der Waals surface area contributed by atoms with Crippen molar-refractivity contribution in [2.45, 2.75) is 26.5 Å². The molecule has 0 radical (unpaired) electrons. The summed E-state index contributed by atoms with van der Waals surface area (Å²) < 4.78 is 9.20. The van der Waals surface area contributed by atoms with Crippen LogP contribution in [0.4, 0.5) is 0 Å². The Morgan fingerprint density at radius 1 is 1.07 bits per heavy atom. The molecule has 148 valence electrons. The van der Waals surface area contributed by atoms with Gasteiger partial charge >= 0.3 is 0 Å². The number of carbonyl (C=O) groups excluding carboxylic acids is 1. The number of carbonyl (C=O) groups is 1. The number of rotatable bonds is 6. The van der Waals surface area contributed by atoms with Crippen molar-refractivity contribution in [3.63, 3.8) is 0 Å². The van der Waals surface area contributed by atoms with Gasteiger partial charge in [0.1, 0.15) is 17.1 Å². The molecular weight excluding hydrogens is 366 g/mol. The normalized spacial score (nSPS) is 11.2. The molecule has 4 aromatic rings. The molecule has 4 rings (SSSR count). The van der Waals surface area contributed by atoms with Gasteiger partial charge in [-0.1, -0.05) is 12.1 Å². The Kier molecular flexibility index (Phi) is 5.03. The summed E-state index contributed by atoms with van der Waals surface area (Å²) in [6, 6.07) is 11.6. The second kappa shape index (κ2) is 7.79. The molecule has 1 aromatic carbocycles. The van der Waals surface area contributed by atoms with Gasteiger partial charge in [-0.15, -0.1) is 0 Å². The molecule has 0 saturated carbocycles. The molecule has 0 spiro atoms. The van der Waals surface area contributed by atoms with Gasteiger partial charge in [-0.05, 0) is 43.7 Å². The molecule has 0 atom stereocenters. The molecule has 0 saturated heterocycles. The van der Waals surface area contributed by atoms with Crippen LogP contribution >= 0.6 is 0 Å². The highest BCUT2D eigenvalue weighted by atomic mass is 16.5. The first kappa shape index (κ1) is 18.7. The topological polar surface area (TPSA) is 73.4 Å². The van der Waals surface area contributed by atoms with Crippen molar-refractivity contribution in [1.29, 1.82) is 0 Å². The molecule has 7 heteroatoms. The van der Waals surface area contributed by atoms with E-state index in [0.29, 0.717) is 12.2 Å². The van der Waals surface area contributed by atoms with Crippen molar-refractivity contribution >= 4 is 11.6 Å². The number of amides is 1. The Hall–Kier alpha value is -3.61. The average molecular weight is 389 g/mol. The van der Waals surface area contributed by atoms with Gasteiger partial charge in [0.15, 0.2) is 0 Å². The monoisotopic (exact) mass is 389 g/mol. The first-order valence-corrected chi connectivity index (χ1v) is 9.49. The van der Waals surface area contributed by atoms with Crippen molar-refractivity contribution in [3.05, 3.63) is 72.4 Å². The van der Waals surface area contributed by atoms with Crippen LogP contribution < -0.4 is 10.1 Å². The largest absolute Gasteiger partial charge is 0.491 e. The number of nitrogens with zero attached hydrogens (tertiary/aromatic N) is 4. The third-order valence-corrected chi connectivity index (χ3v) is 4.52. The second-order valence-electron chi connectivity index (χ2n) is 7.19. The lowest BCUT2D eigenvalue weighted by atomic mass is 10.2. The van der Waals surface area contributed by atoms with Crippen LogP contribution in [0, 0.1) is 0 Å². The minimum Gasteiger partial charge on any atom is -0.491 e. The van der Waals surface area contributed by atoms with E-state index in [2.05, 4.69) is 15.4 Å². The van der Waals surface area contributed by atoms with E-state index < -0.39 is 0 Å². The fourth-order valence-corrected chi connectivity index (χ4v) is 3.12. The molecule has 3 aromatic heterocycles. The molecule has 0 bridgehead atoms. The Morgan fingerprint density at radius 3 is 2.55 bits per heavy atom. The van der Waals surface area contributed by atoms with Crippen molar-refractivity contribution in [2.24, 2.45) is 7.05 Å². The summed E-state index contributed by atoms with van der Waals surface area (Å²) in [5, 5.41) is 7.17. The third-order valence-electron chi connectivity index (χ3n) is 4.52. The number of aryl methyl sites for hydroxylation is 1. The van der Waals surface area contributed by atoms with Gasteiger partial charge in [0.25, 0.3) is 5.91 Å². The van der Waals surface area contributed by atoms with Crippen LogP contribution in [-0.4, -0.2) is 31.2 Å². The lowest BCUT2D eigenvalue weighted by Crippen LogP contribution is -2.24. The Bertz CT molecular complexity index is 1140. The molecule has 3 heterocycles. The average Bonchev–Trinajstić information content (AvgIpc) is 3.32. The number of pyridine rings is 1. The highest BCUT2D eigenvalue weighted by molar-refractivity contribution is 5.93. The van der Waals surface area contributed by atoms with Crippen molar-refractivity contribution in [3.8, 4) is 16.9 Å². The standard InChI is InChI=1S/C22H23N5O2/c1-15(2)29-19-7-4-16(5-8-19)10-24-22(28)20-12-23-21-9-6-17(14-27(20)21)18-11-25-26(3)13-18/h4-9,11-15H,10H2,1-3H3,(H,24,28). The van der Waals surface area contributed by atoms with Crippen LogP contribution in [0.3, 0.4) is 0 Å². The van der Waals surface area contributed by atoms with Crippen LogP contribution in [-0.2, 0) is 13.6 Å². The molecule has 29 heavy (non-hydrogen) atoms. The van der Waals surface area contributed by atoms with Crippen molar-refractivity contribution in [1.82, 2.24) is 24.5 Å². The number of ether oxygens (including phenoxy) is 1. The lowest BCUT2D eigenvalue weighted by molar-refractivity contribution is 0.0945. The second-order valence-corrected chi connectivity index (χ2v) is 7.19. The highest BCUT2D eigenvalue weighted by Crippen LogP contribution is 2.20.